The summed E-state index contributed by atoms with van der Waals surface area (Å²) >= 11 is 0. The van der Waals surface area contributed by atoms with Crippen LogP contribution in [0.25, 0.3) is 11.1 Å². The van der Waals surface area contributed by atoms with Crippen LogP contribution in [-0.2, 0) is 16.1 Å². The highest BCUT2D eigenvalue weighted by Gasteiger charge is 2.29. The van der Waals surface area contributed by atoms with Crippen LogP contribution >= 0.6 is 0 Å². The van der Waals surface area contributed by atoms with Crippen molar-refractivity contribution in [3.05, 3.63) is 125 Å². The molecule has 0 bridgehead atoms. The number of fused-ring (bicyclic) bond motifs is 4. The van der Waals surface area contributed by atoms with Gasteiger partial charge < -0.3 is 10.2 Å². The number of rotatable bonds is 11. The monoisotopic (exact) mass is 556 g/mol. The van der Waals surface area contributed by atoms with Gasteiger partial charge in [-0.1, -0.05) is 104 Å². The second kappa shape index (κ2) is 12.9. The van der Waals surface area contributed by atoms with E-state index in [9.17, 15) is 9.59 Å². The van der Waals surface area contributed by atoms with Gasteiger partial charge in [0.2, 0.25) is 5.91 Å². The van der Waals surface area contributed by atoms with Crippen molar-refractivity contribution >= 4 is 17.4 Å². The molecule has 0 saturated carbocycles. The zero-order valence-electron chi connectivity index (χ0n) is 24.5. The molecule has 0 spiro atoms. The van der Waals surface area contributed by atoms with E-state index in [1.165, 1.54) is 38.9 Å². The lowest BCUT2D eigenvalue weighted by atomic mass is 9.84. The third-order valence-corrected chi connectivity index (χ3v) is 8.99. The van der Waals surface area contributed by atoms with E-state index in [1.807, 2.05) is 6.07 Å². The first kappa shape index (κ1) is 28.1. The molecular weight excluding hydrogens is 516 g/mol. The minimum Gasteiger partial charge on any atom is -0.326 e. The number of hydrogen-bond donors (Lipinski definition) is 1. The first-order valence-electron chi connectivity index (χ1n) is 15.4. The number of benzene rings is 4. The van der Waals surface area contributed by atoms with Gasteiger partial charge in [-0.15, -0.1) is 0 Å². The van der Waals surface area contributed by atoms with Gasteiger partial charge in [-0.3, -0.25) is 9.59 Å². The van der Waals surface area contributed by atoms with Gasteiger partial charge in [0.05, 0.1) is 0 Å². The quantitative estimate of drug-likeness (QED) is 0.189. The summed E-state index contributed by atoms with van der Waals surface area (Å²) in [6.07, 6.45) is 5.34. The van der Waals surface area contributed by atoms with Crippen molar-refractivity contribution < 1.29 is 9.59 Å². The van der Waals surface area contributed by atoms with Crippen LogP contribution in [0, 0.1) is 0 Å². The van der Waals surface area contributed by atoms with Crippen LogP contribution in [0.1, 0.15) is 84.6 Å². The van der Waals surface area contributed by atoms with Gasteiger partial charge in [0.1, 0.15) is 5.78 Å². The van der Waals surface area contributed by atoms with E-state index in [0.717, 1.165) is 44.5 Å². The standard InChI is InChI=1S/C38H40N2O2/c1-40-25-35(27-14-5-4-6-15-27)33-21-13-22-37(36(33)26-40)39-38(42)23-8-3-2-7-16-28(41)24-34-31-19-11-9-17-29(31)30-18-10-12-20-32(30)34/h4-6,9-15,17-22,34-35H,2-3,7-8,16,23-26H2,1H3,(H,39,42). The molecule has 1 atom stereocenters. The summed E-state index contributed by atoms with van der Waals surface area (Å²) in [5, 5.41) is 3.21. The fourth-order valence-corrected chi connectivity index (χ4v) is 6.92. The second-order valence-corrected chi connectivity index (χ2v) is 12.0. The molecule has 1 aliphatic carbocycles. The highest BCUT2D eigenvalue weighted by molar-refractivity contribution is 5.92. The number of unbranched alkanes of at least 4 members (excludes halogenated alkanes) is 3. The Labute approximate surface area is 249 Å². The topological polar surface area (TPSA) is 49.4 Å². The maximum absolute atomic E-state index is 12.9. The normalized spacial score (nSPS) is 16.0. The number of hydrogen-bond acceptors (Lipinski definition) is 3. The van der Waals surface area contributed by atoms with Crippen molar-refractivity contribution in [3.63, 3.8) is 0 Å². The molecule has 6 rings (SSSR count). The van der Waals surface area contributed by atoms with Crippen molar-refractivity contribution in [1.29, 1.82) is 0 Å². The van der Waals surface area contributed by atoms with Gasteiger partial charge in [-0.25, -0.2) is 0 Å². The number of carbonyl (C=O) groups is 2. The number of nitrogens with zero attached hydrogens (tertiary/aromatic N) is 1. The van der Waals surface area contributed by atoms with Crippen LogP contribution in [0.15, 0.2) is 97.1 Å². The fourth-order valence-electron chi connectivity index (χ4n) is 6.92. The van der Waals surface area contributed by atoms with Crippen molar-refractivity contribution in [2.24, 2.45) is 0 Å². The summed E-state index contributed by atoms with van der Waals surface area (Å²) in [6.45, 7) is 1.80. The first-order chi connectivity index (χ1) is 20.6. The Morgan fingerprint density at radius 2 is 1.33 bits per heavy atom. The largest absolute Gasteiger partial charge is 0.326 e. The predicted octanol–water partition coefficient (Wildman–Crippen LogP) is 8.31. The summed E-state index contributed by atoms with van der Waals surface area (Å²) in [4.78, 5) is 28.2. The summed E-state index contributed by atoms with van der Waals surface area (Å²) < 4.78 is 0. The van der Waals surface area contributed by atoms with Crippen LogP contribution in [0.2, 0.25) is 0 Å². The fraction of sp³-hybridized carbons (Fsp3) is 0.316. The van der Waals surface area contributed by atoms with Crippen LogP contribution < -0.4 is 5.32 Å². The van der Waals surface area contributed by atoms with E-state index in [-0.39, 0.29) is 11.8 Å². The molecule has 214 valence electrons. The highest BCUT2D eigenvalue weighted by atomic mass is 16.1. The molecule has 0 saturated heterocycles. The van der Waals surface area contributed by atoms with Gasteiger partial charge in [-0.2, -0.15) is 0 Å². The molecular formula is C38H40N2O2. The summed E-state index contributed by atoms with van der Waals surface area (Å²) in [5.74, 6) is 0.872. The zero-order chi connectivity index (χ0) is 28.9. The van der Waals surface area contributed by atoms with Crippen LogP contribution in [-0.4, -0.2) is 30.2 Å². The van der Waals surface area contributed by atoms with Crippen molar-refractivity contribution in [2.75, 3.05) is 18.9 Å². The SMILES string of the molecule is CN1Cc2c(NC(=O)CCCCCCC(=O)CC3c4ccccc4-c4ccccc43)cccc2C(c2ccccc2)C1. The minimum atomic E-state index is 0.0718. The van der Waals surface area contributed by atoms with E-state index in [4.69, 9.17) is 0 Å². The number of anilines is 1. The Kier molecular flexibility index (Phi) is 8.62. The lowest BCUT2D eigenvalue weighted by Gasteiger charge is -2.34. The molecule has 4 heteroatoms. The number of carbonyl (C=O) groups excluding carboxylic acids is 2. The number of likely N-dealkylation sites (N-methyl/N-ethyl adjacent to an activating group) is 1. The predicted molar refractivity (Wildman–Crippen MR) is 171 cm³/mol. The van der Waals surface area contributed by atoms with E-state index in [2.05, 4.69) is 108 Å². The van der Waals surface area contributed by atoms with Crippen LogP contribution in [0.3, 0.4) is 0 Å². The first-order valence-corrected chi connectivity index (χ1v) is 15.4. The Bertz CT molecular complexity index is 1520. The number of amides is 1. The smallest absolute Gasteiger partial charge is 0.224 e. The lowest BCUT2D eigenvalue weighted by Crippen LogP contribution is -2.32. The third kappa shape index (κ3) is 6.10. The van der Waals surface area contributed by atoms with Crippen molar-refractivity contribution in [1.82, 2.24) is 4.90 Å². The molecule has 42 heavy (non-hydrogen) atoms. The van der Waals surface area contributed by atoms with Gasteiger partial charge in [0, 0.05) is 49.9 Å². The molecule has 4 aromatic carbocycles. The van der Waals surface area contributed by atoms with E-state index >= 15 is 0 Å². The average molecular weight is 557 g/mol. The Balaban J connectivity index is 0.958. The molecule has 1 N–H and O–H groups in total. The number of nitrogens with one attached hydrogen (secondary N) is 1. The van der Waals surface area contributed by atoms with Crippen molar-refractivity contribution in [3.8, 4) is 11.1 Å². The maximum Gasteiger partial charge on any atom is 0.224 e. The third-order valence-electron chi connectivity index (χ3n) is 8.99. The van der Waals surface area contributed by atoms with Crippen LogP contribution in [0.5, 0.6) is 0 Å². The highest BCUT2D eigenvalue weighted by Crippen LogP contribution is 2.46. The molecule has 0 radical (unpaired) electrons. The van der Waals surface area contributed by atoms with Crippen LogP contribution in [0.4, 0.5) is 5.69 Å². The molecule has 4 nitrogen and oxygen atoms in total. The Morgan fingerprint density at radius 1 is 0.714 bits per heavy atom. The summed E-state index contributed by atoms with van der Waals surface area (Å²) in [5.41, 5.74) is 9.87. The zero-order valence-corrected chi connectivity index (χ0v) is 24.5. The Hall–Kier alpha value is -4.02. The number of Topliss-reactive ketones (excluding diaryl/α,β-unsaturated/α-hetero) is 1. The van der Waals surface area contributed by atoms with E-state index in [1.54, 1.807) is 0 Å². The maximum atomic E-state index is 12.9. The Morgan fingerprint density at radius 3 is 2.05 bits per heavy atom. The molecule has 2 aliphatic rings. The minimum absolute atomic E-state index is 0.0718. The molecule has 4 aromatic rings. The summed E-state index contributed by atoms with van der Waals surface area (Å²) in [7, 11) is 2.15. The van der Waals surface area contributed by atoms with Gasteiger partial charge >= 0.3 is 0 Å². The van der Waals surface area contributed by atoms with E-state index in [0.29, 0.717) is 31.0 Å². The molecule has 1 aliphatic heterocycles. The summed E-state index contributed by atoms with van der Waals surface area (Å²) in [6, 6.07) is 33.9. The lowest BCUT2D eigenvalue weighted by molar-refractivity contribution is -0.119. The number of ketones is 1. The average Bonchev–Trinajstić information content (AvgIpc) is 3.32. The molecule has 1 heterocycles. The van der Waals surface area contributed by atoms with Gasteiger partial charge in [0.15, 0.2) is 0 Å². The molecule has 0 aromatic heterocycles. The van der Waals surface area contributed by atoms with Crippen molar-refractivity contribution in [2.45, 2.75) is 63.3 Å². The second-order valence-electron chi connectivity index (χ2n) is 12.0. The molecule has 0 fully saturated rings. The molecule has 1 amide bonds. The van der Waals surface area contributed by atoms with Gasteiger partial charge in [0.25, 0.3) is 0 Å². The van der Waals surface area contributed by atoms with Gasteiger partial charge in [-0.05, 0) is 64.9 Å². The molecule has 1 unspecified atom stereocenters. The van der Waals surface area contributed by atoms with E-state index < -0.39 is 0 Å².